The van der Waals surface area contributed by atoms with Crippen molar-refractivity contribution in [1.82, 2.24) is 4.90 Å². The van der Waals surface area contributed by atoms with Gasteiger partial charge in [0, 0.05) is 13.1 Å². The molecule has 1 fully saturated rings. The molecule has 1 heterocycles. The third kappa shape index (κ3) is 3.16. The van der Waals surface area contributed by atoms with E-state index < -0.39 is 6.04 Å². The minimum atomic E-state index is -0.522. The molecule has 1 aliphatic heterocycles. The summed E-state index contributed by atoms with van der Waals surface area (Å²) < 4.78 is 0. The lowest BCUT2D eigenvalue weighted by atomic mass is 9.95. The summed E-state index contributed by atoms with van der Waals surface area (Å²) in [5, 5.41) is 0. The third-order valence-electron chi connectivity index (χ3n) is 4.18. The Bertz CT molecular complexity index is 439. The molecule has 0 spiro atoms. The molecule has 0 bridgehead atoms. The molecule has 19 heavy (non-hydrogen) atoms. The highest BCUT2D eigenvalue weighted by Crippen LogP contribution is 2.25. The molecular weight excluding hydrogens is 236 g/mol. The maximum Gasteiger partial charge on any atom is 0.244 e. The smallest absolute Gasteiger partial charge is 0.244 e. The van der Waals surface area contributed by atoms with Crippen molar-refractivity contribution in [3.05, 3.63) is 35.4 Å². The van der Waals surface area contributed by atoms with Crippen LogP contribution in [0.1, 0.15) is 37.4 Å². The minimum absolute atomic E-state index is 0.0620. The van der Waals surface area contributed by atoms with Gasteiger partial charge in [0.15, 0.2) is 0 Å². The van der Waals surface area contributed by atoms with E-state index in [1.165, 1.54) is 5.56 Å². The Hall–Kier alpha value is -1.35. The minimum Gasteiger partial charge on any atom is -0.341 e. The Morgan fingerprint density at radius 2 is 1.95 bits per heavy atom. The first-order valence-corrected chi connectivity index (χ1v) is 7.10. The Morgan fingerprint density at radius 1 is 1.32 bits per heavy atom. The predicted octanol–water partition coefficient (Wildman–Crippen LogP) is 2.50. The van der Waals surface area contributed by atoms with E-state index in [0.717, 1.165) is 25.1 Å². The van der Waals surface area contributed by atoms with Crippen molar-refractivity contribution < 1.29 is 4.79 Å². The monoisotopic (exact) mass is 260 g/mol. The molecular formula is C16H24N2O. The zero-order chi connectivity index (χ0) is 14.0. The zero-order valence-electron chi connectivity index (χ0n) is 12.1. The molecule has 1 aliphatic rings. The molecule has 3 heteroatoms. The summed E-state index contributed by atoms with van der Waals surface area (Å²) in [6, 6.07) is 7.39. The lowest BCUT2D eigenvalue weighted by Gasteiger charge is -2.22. The van der Waals surface area contributed by atoms with Crippen LogP contribution in [0.5, 0.6) is 0 Å². The van der Waals surface area contributed by atoms with Gasteiger partial charge in [-0.05, 0) is 30.7 Å². The zero-order valence-corrected chi connectivity index (χ0v) is 12.1. The van der Waals surface area contributed by atoms with Crippen LogP contribution in [0.15, 0.2) is 24.3 Å². The number of hydrogen-bond acceptors (Lipinski definition) is 2. The van der Waals surface area contributed by atoms with Crippen molar-refractivity contribution in [2.24, 2.45) is 17.6 Å². The molecule has 104 valence electrons. The second-order valence-corrected chi connectivity index (χ2v) is 5.97. The molecule has 2 atom stereocenters. The van der Waals surface area contributed by atoms with Gasteiger partial charge in [-0.2, -0.15) is 0 Å². The molecule has 0 radical (unpaired) electrons. The molecule has 1 aromatic carbocycles. The van der Waals surface area contributed by atoms with Gasteiger partial charge >= 0.3 is 0 Å². The Morgan fingerprint density at radius 3 is 2.47 bits per heavy atom. The highest BCUT2D eigenvalue weighted by atomic mass is 16.2. The summed E-state index contributed by atoms with van der Waals surface area (Å²) >= 11 is 0. The molecule has 0 aromatic heterocycles. The van der Waals surface area contributed by atoms with Crippen LogP contribution in [0.4, 0.5) is 0 Å². The summed E-state index contributed by atoms with van der Waals surface area (Å²) in [7, 11) is 0. The first kappa shape index (κ1) is 14.1. The number of carbonyl (C=O) groups is 1. The number of nitrogens with two attached hydrogens (primary N) is 1. The van der Waals surface area contributed by atoms with E-state index in [9.17, 15) is 4.79 Å². The third-order valence-corrected chi connectivity index (χ3v) is 4.18. The van der Waals surface area contributed by atoms with Gasteiger partial charge in [0.1, 0.15) is 6.04 Å². The molecule has 2 rings (SSSR count). The van der Waals surface area contributed by atoms with Crippen LogP contribution >= 0.6 is 0 Å². The van der Waals surface area contributed by atoms with Gasteiger partial charge in [-0.25, -0.2) is 0 Å². The second-order valence-electron chi connectivity index (χ2n) is 5.97. The van der Waals surface area contributed by atoms with Gasteiger partial charge in [0.25, 0.3) is 0 Å². The summed E-state index contributed by atoms with van der Waals surface area (Å²) in [4.78, 5) is 14.3. The van der Waals surface area contributed by atoms with Gasteiger partial charge in [0.2, 0.25) is 5.91 Å². The Kier molecular flexibility index (Phi) is 4.25. The molecule has 2 unspecified atom stereocenters. The maximum absolute atomic E-state index is 12.4. The van der Waals surface area contributed by atoms with E-state index in [1.807, 2.05) is 36.1 Å². The summed E-state index contributed by atoms with van der Waals surface area (Å²) in [6.45, 7) is 8.18. The number of likely N-dealkylation sites (tertiary alicyclic amines) is 1. The molecule has 0 saturated carbocycles. The number of hydrogen-bond donors (Lipinski definition) is 1. The molecule has 1 aromatic rings. The topological polar surface area (TPSA) is 46.3 Å². The van der Waals surface area contributed by atoms with Crippen molar-refractivity contribution in [2.75, 3.05) is 13.1 Å². The van der Waals surface area contributed by atoms with Crippen LogP contribution < -0.4 is 5.73 Å². The fourth-order valence-corrected chi connectivity index (χ4v) is 2.64. The van der Waals surface area contributed by atoms with Crippen molar-refractivity contribution in [3.63, 3.8) is 0 Å². The van der Waals surface area contributed by atoms with E-state index in [1.54, 1.807) is 0 Å². The number of amides is 1. The van der Waals surface area contributed by atoms with Crippen molar-refractivity contribution in [1.29, 1.82) is 0 Å². The molecule has 1 amide bonds. The average Bonchev–Trinajstić information content (AvgIpc) is 2.87. The Labute approximate surface area is 115 Å². The van der Waals surface area contributed by atoms with Crippen LogP contribution in [0.3, 0.4) is 0 Å². The van der Waals surface area contributed by atoms with Crippen molar-refractivity contribution in [2.45, 2.75) is 33.2 Å². The second kappa shape index (κ2) is 5.74. The molecule has 2 N–H and O–H groups in total. The van der Waals surface area contributed by atoms with Gasteiger partial charge in [-0.3, -0.25) is 4.79 Å². The summed E-state index contributed by atoms with van der Waals surface area (Å²) in [5.41, 5.74) is 8.19. The van der Waals surface area contributed by atoms with Gasteiger partial charge < -0.3 is 10.6 Å². The summed E-state index contributed by atoms with van der Waals surface area (Å²) in [5.74, 6) is 1.31. The summed E-state index contributed by atoms with van der Waals surface area (Å²) in [6.07, 6.45) is 1.10. The number of benzene rings is 1. The lowest BCUT2D eigenvalue weighted by molar-refractivity contribution is -0.131. The molecule has 3 nitrogen and oxygen atoms in total. The average molecular weight is 260 g/mol. The first-order valence-electron chi connectivity index (χ1n) is 7.10. The van der Waals surface area contributed by atoms with Crippen LogP contribution in [0, 0.1) is 18.8 Å². The number of nitrogens with zero attached hydrogens (tertiary/aromatic N) is 1. The number of rotatable bonds is 3. The normalized spacial score (nSPS) is 20.9. The van der Waals surface area contributed by atoms with Gasteiger partial charge in [0.05, 0.1) is 0 Å². The quantitative estimate of drug-likeness (QED) is 0.907. The van der Waals surface area contributed by atoms with Crippen LogP contribution in [0.25, 0.3) is 0 Å². The highest BCUT2D eigenvalue weighted by Gasteiger charge is 2.31. The van der Waals surface area contributed by atoms with Gasteiger partial charge in [-0.1, -0.05) is 43.7 Å². The Balaban J connectivity index is 2.02. The fourth-order valence-electron chi connectivity index (χ4n) is 2.64. The maximum atomic E-state index is 12.4. The van der Waals surface area contributed by atoms with Crippen LogP contribution in [0.2, 0.25) is 0 Å². The molecule has 1 saturated heterocycles. The SMILES string of the molecule is Cc1ccc(C(N)C(=O)N2CCC(C(C)C)C2)cc1. The van der Waals surface area contributed by atoms with Crippen LogP contribution in [-0.2, 0) is 4.79 Å². The fraction of sp³-hybridized carbons (Fsp3) is 0.562. The van der Waals surface area contributed by atoms with Crippen molar-refractivity contribution in [3.8, 4) is 0 Å². The van der Waals surface area contributed by atoms with E-state index >= 15 is 0 Å². The van der Waals surface area contributed by atoms with E-state index in [2.05, 4.69) is 13.8 Å². The first-order chi connectivity index (χ1) is 8.99. The highest BCUT2D eigenvalue weighted by molar-refractivity contribution is 5.83. The molecule has 0 aliphatic carbocycles. The standard InChI is InChI=1S/C16H24N2O/c1-11(2)14-8-9-18(10-14)16(19)15(17)13-6-4-12(3)5-7-13/h4-7,11,14-15H,8-10,17H2,1-3H3. The van der Waals surface area contributed by atoms with Crippen LogP contribution in [-0.4, -0.2) is 23.9 Å². The van der Waals surface area contributed by atoms with Gasteiger partial charge in [-0.15, -0.1) is 0 Å². The van der Waals surface area contributed by atoms with E-state index in [-0.39, 0.29) is 5.91 Å². The van der Waals surface area contributed by atoms with E-state index in [0.29, 0.717) is 11.8 Å². The van der Waals surface area contributed by atoms with E-state index in [4.69, 9.17) is 5.73 Å². The number of aryl methyl sites for hydroxylation is 1. The lowest BCUT2D eigenvalue weighted by Crippen LogP contribution is -2.37. The predicted molar refractivity (Wildman–Crippen MR) is 77.6 cm³/mol. The van der Waals surface area contributed by atoms with Crippen molar-refractivity contribution >= 4 is 5.91 Å². The number of carbonyl (C=O) groups excluding carboxylic acids is 1. The largest absolute Gasteiger partial charge is 0.341 e.